The van der Waals surface area contributed by atoms with E-state index < -0.39 is 12.0 Å². The third kappa shape index (κ3) is 3.06. The molecule has 2 aromatic rings. The molecule has 0 aromatic heterocycles. The Morgan fingerprint density at radius 1 is 0.900 bits per heavy atom. The Bertz CT molecular complexity index is 552. The van der Waals surface area contributed by atoms with Crippen LogP contribution in [-0.4, -0.2) is 30.0 Å². The first kappa shape index (κ1) is 14.3. The Balaban J connectivity index is 2.40. The summed E-state index contributed by atoms with van der Waals surface area (Å²) in [7, 11) is 3.41. The van der Waals surface area contributed by atoms with Crippen molar-refractivity contribution in [1.82, 2.24) is 4.90 Å². The molecule has 3 heteroatoms. The van der Waals surface area contributed by atoms with Crippen LogP contribution in [0.25, 0.3) is 0 Å². The summed E-state index contributed by atoms with van der Waals surface area (Å²) in [6.45, 7) is 0. The lowest BCUT2D eigenvalue weighted by Gasteiger charge is -2.25. The first-order chi connectivity index (χ1) is 9.61. The third-order valence-electron chi connectivity index (χ3n) is 3.32. The smallest absolute Gasteiger partial charge is 0.232 e. The monoisotopic (exact) mass is 269 g/mol. The molecule has 1 amide bonds. The fourth-order valence-corrected chi connectivity index (χ4v) is 2.24. The van der Waals surface area contributed by atoms with Crippen LogP contribution >= 0.6 is 0 Å². The van der Waals surface area contributed by atoms with Crippen molar-refractivity contribution in [2.75, 3.05) is 14.1 Å². The van der Waals surface area contributed by atoms with Gasteiger partial charge in [0.25, 0.3) is 0 Å². The van der Waals surface area contributed by atoms with Crippen molar-refractivity contribution in [3.8, 4) is 0 Å². The summed E-state index contributed by atoms with van der Waals surface area (Å²) in [5.74, 6) is -0.693. The summed E-state index contributed by atoms with van der Waals surface area (Å²) in [5, 5.41) is 10.6. The van der Waals surface area contributed by atoms with Crippen LogP contribution in [0.1, 0.15) is 23.1 Å². The minimum Gasteiger partial charge on any atom is -0.387 e. The molecule has 20 heavy (non-hydrogen) atoms. The highest BCUT2D eigenvalue weighted by atomic mass is 16.3. The van der Waals surface area contributed by atoms with Crippen molar-refractivity contribution in [2.24, 2.45) is 0 Å². The van der Waals surface area contributed by atoms with Crippen LogP contribution in [0.4, 0.5) is 0 Å². The Hall–Kier alpha value is -2.13. The Morgan fingerprint density at radius 3 is 1.80 bits per heavy atom. The summed E-state index contributed by atoms with van der Waals surface area (Å²) in [6.07, 6.45) is -0.853. The standard InChI is InChI=1S/C17H19NO2/c1-18(2)17(20)15(13-9-5-3-6-10-13)16(19)14-11-7-4-8-12-14/h3-12,15-16,19H,1-2H3. The van der Waals surface area contributed by atoms with Crippen LogP contribution in [0.3, 0.4) is 0 Å². The van der Waals surface area contributed by atoms with E-state index in [4.69, 9.17) is 0 Å². The topological polar surface area (TPSA) is 40.5 Å². The van der Waals surface area contributed by atoms with Crippen molar-refractivity contribution < 1.29 is 9.90 Å². The van der Waals surface area contributed by atoms with E-state index in [2.05, 4.69) is 0 Å². The molecular formula is C17H19NO2. The van der Waals surface area contributed by atoms with E-state index in [1.807, 2.05) is 60.7 Å². The van der Waals surface area contributed by atoms with Crippen molar-refractivity contribution in [3.05, 3.63) is 71.8 Å². The minimum atomic E-state index is -0.853. The maximum Gasteiger partial charge on any atom is 0.232 e. The number of aliphatic hydroxyl groups excluding tert-OH is 1. The Morgan fingerprint density at radius 2 is 1.35 bits per heavy atom. The molecule has 3 nitrogen and oxygen atoms in total. The van der Waals surface area contributed by atoms with Crippen LogP contribution < -0.4 is 0 Å². The van der Waals surface area contributed by atoms with Crippen molar-refractivity contribution >= 4 is 5.91 Å². The molecule has 0 heterocycles. The van der Waals surface area contributed by atoms with Gasteiger partial charge in [0.2, 0.25) is 5.91 Å². The lowest BCUT2D eigenvalue weighted by molar-refractivity contribution is -0.133. The van der Waals surface area contributed by atoms with Crippen LogP contribution in [0.5, 0.6) is 0 Å². The third-order valence-corrected chi connectivity index (χ3v) is 3.32. The van der Waals surface area contributed by atoms with Crippen molar-refractivity contribution in [1.29, 1.82) is 0 Å². The van der Waals surface area contributed by atoms with Gasteiger partial charge in [-0.15, -0.1) is 0 Å². The molecule has 104 valence electrons. The van der Waals surface area contributed by atoms with E-state index in [1.165, 1.54) is 4.90 Å². The minimum absolute atomic E-state index is 0.104. The summed E-state index contributed by atoms with van der Waals surface area (Å²) >= 11 is 0. The zero-order valence-electron chi connectivity index (χ0n) is 11.7. The van der Waals surface area contributed by atoms with Gasteiger partial charge in [-0.3, -0.25) is 4.79 Å². The Labute approximate surface area is 119 Å². The molecule has 0 aliphatic rings. The molecule has 0 spiro atoms. The average molecular weight is 269 g/mol. The molecule has 0 bridgehead atoms. The van der Waals surface area contributed by atoms with Crippen LogP contribution in [0.15, 0.2) is 60.7 Å². The highest BCUT2D eigenvalue weighted by Gasteiger charge is 2.30. The van der Waals surface area contributed by atoms with E-state index in [1.54, 1.807) is 14.1 Å². The van der Waals surface area contributed by atoms with E-state index in [0.717, 1.165) is 11.1 Å². The maximum atomic E-state index is 12.4. The number of hydrogen-bond acceptors (Lipinski definition) is 2. The second-order valence-electron chi connectivity index (χ2n) is 4.98. The quantitative estimate of drug-likeness (QED) is 0.926. The number of carbonyl (C=O) groups is 1. The first-order valence-corrected chi connectivity index (χ1v) is 6.60. The Kier molecular flexibility index (Phi) is 4.53. The number of amides is 1. The molecule has 0 saturated heterocycles. The van der Waals surface area contributed by atoms with Crippen LogP contribution in [0.2, 0.25) is 0 Å². The summed E-state index contributed by atoms with van der Waals surface area (Å²) < 4.78 is 0. The molecule has 0 aliphatic carbocycles. The number of rotatable bonds is 4. The molecule has 2 aromatic carbocycles. The van der Waals surface area contributed by atoms with Gasteiger partial charge >= 0.3 is 0 Å². The van der Waals surface area contributed by atoms with Gasteiger partial charge < -0.3 is 10.0 Å². The zero-order valence-corrected chi connectivity index (χ0v) is 11.7. The van der Waals surface area contributed by atoms with Gasteiger partial charge in [-0.1, -0.05) is 60.7 Å². The molecule has 0 saturated carbocycles. The predicted octanol–water partition coefficient (Wildman–Crippen LogP) is 2.59. The van der Waals surface area contributed by atoms with Crippen LogP contribution in [0, 0.1) is 0 Å². The number of aliphatic hydroxyl groups is 1. The summed E-state index contributed by atoms with van der Waals surface area (Å²) in [5.41, 5.74) is 1.57. The number of carbonyl (C=O) groups excluding carboxylic acids is 1. The highest BCUT2D eigenvalue weighted by Crippen LogP contribution is 2.32. The van der Waals surface area contributed by atoms with Gasteiger partial charge in [0.1, 0.15) is 0 Å². The van der Waals surface area contributed by atoms with Crippen molar-refractivity contribution in [3.63, 3.8) is 0 Å². The lowest BCUT2D eigenvalue weighted by Crippen LogP contribution is -2.31. The average Bonchev–Trinajstić information content (AvgIpc) is 2.49. The number of benzene rings is 2. The lowest BCUT2D eigenvalue weighted by atomic mass is 9.88. The molecule has 1 N–H and O–H groups in total. The molecular weight excluding hydrogens is 250 g/mol. The maximum absolute atomic E-state index is 12.4. The van der Waals surface area contributed by atoms with Crippen molar-refractivity contribution in [2.45, 2.75) is 12.0 Å². The van der Waals surface area contributed by atoms with E-state index in [9.17, 15) is 9.90 Å². The van der Waals surface area contributed by atoms with Gasteiger partial charge in [0.05, 0.1) is 12.0 Å². The SMILES string of the molecule is CN(C)C(=O)C(c1ccccc1)C(O)c1ccccc1. The normalized spacial score (nSPS) is 13.6. The number of likely N-dealkylation sites (N-methyl/N-ethyl adjacent to an activating group) is 1. The second kappa shape index (κ2) is 6.35. The van der Waals surface area contributed by atoms with Gasteiger partial charge in [-0.25, -0.2) is 0 Å². The van der Waals surface area contributed by atoms with Gasteiger partial charge in [-0.05, 0) is 11.1 Å². The highest BCUT2D eigenvalue weighted by molar-refractivity contribution is 5.84. The van der Waals surface area contributed by atoms with Gasteiger partial charge in [0, 0.05) is 14.1 Å². The van der Waals surface area contributed by atoms with Crippen LogP contribution in [-0.2, 0) is 4.79 Å². The molecule has 2 unspecified atom stereocenters. The fraction of sp³-hybridized carbons (Fsp3) is 0.235. The predicted molar refractivity (Wildman–Crippen MR) is 79.3 cm³/mol. The van der Waals surface area contributed by atoms with Gasteiger partial charge in [0.15, 0.2) is 0 Å². The first-order valence-electron chi connectivity index (χ1n) is 6.60. The number of nitrogens with zero attached hydrogens (tertiary/aromatic N) is 1. The molecule has 0 aliphatic heterocycles. The summed E-state index contributed by atoms with van der Waals surface area (Å²) in [6, 6.07) is 18.7. The zero-order chi connectivity index (χ0) is 14.5. The van der Waals surface area contributed by atoms with Gasteiger partial charge in [-0.2, -0.15) is 0 Å². The molecule has 2 atom stereocenters. The summed E-state index contributed by atoms with van der Waals surface area (Å²) in [4.78, 5) is 13.9. The molecule has 0 radical (unpaired) electrons. The molecule has 2 rings (SSSR count). The fourth-order valence-electron chi connectivity index (χ4n) is 2.24. The van der Waals surface area contributed by atoms with E-state index >= 15 is 0 Å². The molecule has 0 fully saturated rings. The largest absolute Gasteiger partial charge is 0.387 e. The number of hydrogen-bond donors (Lipinski definition) is 1. The van der Waals surface area contributed by atoms with E-state index in [0.29, 0.717) is 0 Å². The second-order valence-corrected chi connectivity index (χ2v) is 4.98. The van der Waals surface area contributed by atoms with E-state index in [-0.39, 0.29) is 5.91 Å².